The molecule has 1 atom stereocenters. The number of hydrogen-bond acceptors (Lipinski definition) is 3. The van der Waals surface area contributed by atoms with Crippen LogP contribution in [0.1, 0.15) is 40.0 Å². The van der Waals surface area contributed by atoms with Gasteiger partial charge in [0.15, 0.2) is 0 Å². The molecule has 3 nitrogen and oxygen atoms in total. The molecule has 102 valence electrons. The molecule has 0 aromatic heterocycles. The summed E-state index contributed by atoms with van der Waals surface area (Å²) in [5, 5.41) is 3.38. The summed E-state index contributed by atoms with van der Waals surface area (Å²) in [6, 6.07) is 8.22. The summed E-state index contributed by atoms with van der Waals surface area (Å²) in [5.41, 5.74) is 7.08. The molecule has 1 aromatic rings. The van der Waals surface area contributed by atoms with Gasteiger partial charge in [0, 0.05) is 12.6 Å². The van der Waals surface area contributed by atoms with E-state index in [1.165, 1.54) is 12.8 Å². The second-order valence-electron chi connectivity index (χ2n) is 4.95. The molecule has 1 unspecified atom stereocenters. The van der Waals surface area contributed by atoms with Gasteiger partial charge in [-0.25, -0.2) is 0 Å². The van der Waals surface area contributed by atoms with Gasteiger partial charge in [0.25, 0.3) is 0 Å². The normalized spacial score (nSPS) is 12.5. The van der Waals surface area contributed by atoms with Gasteiger partial charge in [-0.3, -0.25) is 0 Å². The van der Waals surface area contributed by atoms with E-state index < -0.39 is 0 Å². The van der Waals surface area contributed by atoms with Crippen molar-refractivity contribution in [3.63, 3.8) is 0 Å². The number of benzene rings is 1. The Morgan fingerprint density at radius 1 is 1.28 bits per heavy atom. The third kappa shape index (κ3) is 5.41. The fourth-order valence-corrected chi connectivity index (χ4v) is 1.78. The Morgan fingerprint density at radius 2 is 2.00 bits per heavy atom. The van der Waals surface area contributed by atoms with Crippen molar-refractivity contribution >= 4 is 5.69 Å². The summed E-state index contributed by atoms with van der Waals surface area (Å²) < 4.78 is 5.76. The Balaban J connectivity index is 2.50. The molecule has 0 spiro atoms. The molecule has 18 heavy (non-hydrogen) atoms. The van der Waals surface area contributed by atoms with E-state index in [0.717, 1.165) is 24.4 Å². The topological polar surface area (TPSA) is 47.3 Å². The molecular formula is C15H26N2O. The third-order valence-electron chi connectivity index (χ3n) is 2.73. The number of unbranched alkanes of at least 4 members (excludes halogenated alkanes) is 1. The zero-order valence-electron chi connectivity index (χ0n) is 11.8. The summed E-state index contributed by atoms with van der Waals surface area (Å²) in [6.45, 7) is 7.04. The minimum Gasteiger partial charge on any atom is -0.489 e. The predicted molar refractivity (Wildman–Crippen MR) is 78.2 cm³/mol. The maximum Gasteiger partial charge on any atom is 0.142 e. The van der Waals surface area contributed by atoms with Gasteiger partial charge in [0.1, 0.15) is 5.75 Å². The van der Waals surface area contributed by atoms with E-state index in [9.17, 15) is 0 Å². The van der Waals surface area contributed by atoms with Gasteiger partial charge >= 0.3 is 0 Å². The van der Waals surface area contributed by atoms with Crippen LogP contribution in [0.25, 0.3) is 0 Å². The Hall–Kier alpha value is -1.22. The van der Waals surface area contributed by atoms with E-state index in [1.807, 2.05) is 38.1 Å². The Labute approximate surface area is 111 Å². The molecule has 0 bridgehead atoms. The van der Waals surface area contributed by atoms with Gasteiger partial charge in [-0.2, -0.15) is 0 Å². The first-order valence-corrected chi connectivity index (χ1v) is 6.88. The quantitative estimate of drug-likeness (QED) is 0.743. The summed E-state index contributed by atoms with van der Waals surface area (Å²) in [6.07, 6.45) is 3.63. The van der Waals surface area contributed by atoms with Crippen molar-refractivity contribution < 1.29 is 4.74 Å². The van der Waals surface area contributed by atoms with E-state index in [2.05, 4.69) is 12.2 Å². The van der Waals surface area contributed by atoms with Crippen LogP contribution in [0.5, 0.6) is 5.75 Å². The van der Waals surface area contributed by atoms with Crippen molar-refractivity contribution in [2.75, 3.05) is 11.9 Å². The van der Waals surface area contributed by atoms with E-state index >= 15 is 0 Å². The molecule has 0 saturated carbocycles. The maximum atomic E-state index is 6.06. The minimum atomic E-state index is 0.182. The molecule has 0 amide bonds. The number of nitrogens with one attached hydrogen (secondary N) is 1. The second-order valence-corrected chi connectivity index (χ2v) is 4.95. The van der Waals surface area contributed by atoms with Crippen LogP contribution in [0.3, 0.4) is 0 Å². The predicted octanol–water partition coefficient (Wildman–Crippen LogP) is 3.40. The second kappa shape index (κ2) is 7.98. The van der Waals surface area contributed by atoms with Gasteiger partial charge < -0.3 is 15.8 Å². The number of nitrogens with two attached hydrogens (primary N) is 1. The lowest BCUT2D eigenvalue weighted by Gasteiger charge is -2.17. The standard InChI is InChI=1S/C15H26N2O/c1-4-5-8-13(16)11-17-14-9-6-7-10-15(14)18-12(2)3/h6-7,9-10,12-13,17H,4-5,8,11,16H2,1-3H3. The molecule has 1 aromatic carbocycles. The molecule has 0 aliphatic carbocycles. The Kier molecular flexibility index (Phi) is 6.58. The van der Waals surface area contributed by atoms with Gasteiger partial charge in [0.05, 0.1) is 11.8 Å². The fourth-order valence-electron chi connectivity index (χ4n) is 1.78. The molecule has 3 N–H and O–H groups in total. The van der Waals surface area contributed by atoms with E-state index in [0.29, 0.717) is 0 Å². The van der Waals surface area contributed by atoms with Gasteiger partial charge in [-0.15, -0.1) is 0 Å². The molecule has 0 fully saturated rings. The van der Waals surface area contributed by atoms with E-state index in [-0.39, 0.29) is 12.1 Å². The summed E-state index contributed by atoms with van der Waals surface area (Å²) in [7, 11) is 0. The molecule has 0 saturated heterocycles. The van der Waals surface area contributed by atoms with Crippen molar-refractivity contribution in [2.45, 2.75) is 52.2 Å². The maximum absolute atomic E-state index is 6.06. The summed E-state index contributed by atoms with van der Waals surface area (Å²) >= 11 is 0. The molecule has 0 radical (unpaired) electrons. The Morgan fingerprint density at radius 3 is 2.67 bits per heavy atom. The van der Waals surface area contributed by atoms with Gasteiger partial charge in [0.2, 0.25) is 0 Å². The van der Waals surface area contributed by atoms with Crippen molar-refractivity contribution in [1.82, 2.24) is 0 Å². The zero-order chi connectivity index (χ0) is 13.4. The largest absolute Gasteiger partial charge is 0.489 e. The van der Waals surface area contributed by atoms with Crippen LogP contribution in [-0.2, 0) is 0 Å². The molecule has 3 heteroatoms. The van der Waals surface area contributed by atoms with E-state index in [1.54, 1.807) is 0 Å². The molecule has 0 aliphatic heterocycles. The van der Waals surface area contributed by atoms with Crippen LogP contribution in [0.4, 0.5) is 5.69 Å². The van der Waals surface area contributed by atoms with Crippen LogP contribution in [0, 0.1) is 0 Å². The van der Waals surface area contributed by atoms with Crippen LogP contribution in [0.2, 0.25) is 0 Å². The van der Waals surface area contributed by atoms with Gasteiger partial charge in [-0.1, -0.05) is 31.9 Å². The highest BCUT2D eigenvalue weighted by molar-refractivity contribution is 5.56. The molecule has 0 aliphatic rings. The van der Waals surface area contributed by atoms with Crippen molar-refractivity contribution in [3.8, 4) is 5.75 Å². The molecule has 0 heterocycles. The lowest BCUT2D eigenvalue weighted by molar-refractivity contribution is 0.243. The number of rotatable bonds is 8. The van der Waals surface area contributed by atoms with E-state index in [4.69, 9.17) is 10.5 Å². The first-order chi connectivity index (χ1) is 8.63. The number of ether oxygens (including phenoxy) is 1. The SMILES string of the molecule is CCCCC(N)CNc1ccccc1OC(C)C. The first kappa shape index (κ1) is 14.8. The number of anilines is 1. The Bertz CT molecular complexity index is 339. The molecular weight excluding hydrogens is 224 g/mol. The average molecular weight is 250 g/mol. The zero-order valence-corrected chi connectivity index (χ0v) is 11.8. The van der Waals surface area contributed by atoms with Crippen molar-refractivity contribution in [2.24, 2.45) is 5.73 Å². The smallest absolute Gasteiger partial charge is 0.142 e. The fraction of sp³-hybridized carbons (Fsp3) is 0.600. The lowest BCUT2D eigenvalue weighted by Crippen LogP contribution is -2.29. The van der Waals surface area contributed by atoms with Crippen molar-refractivity contribution in [1.29, 1.82) is 0 Å². The van der Waals surface area contributed by atoms with Crippen LogP contribution < -0.4 is 15.8 Å². The number of hydrogen-bond donors (Lipinski definition) is 2. The van der Waals surface area contributed by atoms with Crippen LogP contribution in [0.15, 0.2) is 24.3 Å². The average Bonchev–Trinajstić information content (AvgIpc) is 2.34. The van der Waals surface area contributed by atoms with Crippen LogP contribution in [-0.4, -0.2) is 18.7 Å². The highest BCUT2D eigenvalue weighted by atomic mass is 16.5. The highest BCUT2D eigenvalue weighted by Gasteiger charge is 2.06. The van der Waals surface area contributed by atoms with Gasteiger partial charge in [-0.05, 0) is 32.4 Å². The highest BCUT2D eigenvalue weighted by Crippen LogP contribution is 2.24. The minimum absolute atomic E-state index is 0.182. The monoisotopic (exact) mass is 250 g/mol. The lowest BCUT2D eigenvalue weighted by atomic mass is 10.1. The number of para-hydroxylation sites is 2. The summed E-state index contributed by atoms with van der Waals surface area (Å²) in [4.78, 5) is 0. The molecule has 1 rings (SSSR count). The van der Waals surface area contributed by atoms with Crippen LogP contribution >= 0.6 is 0 Å². The van der Waals surface area contributed by atoms with Crippen molar-refractivity contribution in [3.05, 3.63) is 24.3 Å². The first-order valence-electron chi connectivity index (χ1n) is 6.88. The summed E-state index contributed by atoms with van der Waals surface area (Å²) in [5.74, 6) is 0.898. The third-order valence-corrected chi connectivity index (χ3v) is 2.73.